The van der Waals surface area contributed by atoms with Crippen molar-refractivity contribution in [3.63, 3.8) is 0 Å². The van der Waals surface area contributed by atoms with Gasteiger partial charge in [-0.1, -0.05) is 70.4 Å². The lowest BCUT2D eigenvalue weighted by atomic mass is 9.98. The number of benzene rings is 1. The maximum Gasteiger partial charge on any atom is 0.160 e. The second-order valence-corrected chi connectivity index (χ2v) is 4.75. The van der Waals surface area contributed by atoms with Crippen molar-refractivity contribution in [1.29, 1.82) is 0 Å². The topological polar surface area (TPSA) is 17.1 Å². The molecule has 1 rings (SSSR count). The lowest BCUT2D eigenvalue weighted by Crippen LogP contribution is -1.97. The molecule has 0 spiro atoms. The van der Waals surface area contributed by atoms with Crippen molar-refractivity contribution >= 4 is 11.4 Å². The van der Waals surface area contributed by atoms with Crippen LogP contribution in [0.3, 0.4) is 0 Å². The van der Waals surface area contributed by atoms with E-state index in [1.165, 1.54) is 24.8 Å². The van der Waals surface area contributed by atoms with Crippen LogP contribution in [0.5, 0.6) is 0 Å². The highest BCUT2D eigenvalue weighted by Gasteiger charge is 2.06. The molecule has 0 amide bonds. The average Bonchev–Trinajstić information content (AvgIpc) is 2.40. The average molecular weight is 260 g/mol. The minimum absolute atomic E-state index is 0.129. The van der Waals surface area contributed by atoms with Crippen molar-refractivity contribution in [2.75, 3.05) is 0 Å². The van der Waals surface area contributed by atoms with Crippen LogP contribution in [0.25, 0.3) is 5.57 Å². The zero-order valence-corrected chi connectivity index (χ0v) is 13.1. The molecule has 0 atom stereocenters. The molecule has 0 saturated carbocycles. The second kappa shape index (κ2) is 10.5. The predicted molar refractivity (Wildman–Crippen MR) is 85.6 cm³/mol. The van der Waals surface area contributed by atoms with Crippen molar-refractivity contribution in [3.8, 4) is 0 Å². The van der Waals surface area contributed by atoms with Crippen molar-refractivity contribution in [2.24, 2.45) is 0 Å². The highest BCUT2D eigenvalue weighted by Crippen LogP contribution is 2.19. The fraction of sp³-hybridized carbons (Fsp3) is 0.500. The molecule has 0 radical (unpaired) electrons. The van der Waals surface area contributed by atoms with Gasteiger partial charge in [0.25, 0.3) is 0 Å². The summed E-state index contributed by atoms with van der Waals surface area (Å²) in [4.78, 5) is 11.3. The Bertz CT molecular complexity index is 400. The molecular formula is C18H28O. The van der Waals surface area contributed by atoms with Crippen LogP contribution in [0, 0.1) is 0 Å². The summed E-state index contributed by atoms with van der Waals surface area (Å²) >= 11 is 0. The number of hydrogen-bond acceptors (Lipinski definition) is 1. The van der Waals surface area contributed by atoms with Crippen LogP contribution >= 0.6 is 0 Å². The van der Waals surface area contributed by atoms with Gasteiger partial charge in [-0.25, -0.2) is 0 Å². The third-order valence-corrected chi connectivity index (χ3v) is 2.95. The smallest absolute Gasteiger partial charge is 0.160 e. The van der Waals surface area contributed by atoms with Crippen LogP contribution in [0.4, 0.5) is 0 Å². The molecule has 1 nitrogen and oxygen atoms in total. The van der Waals surface area contributed by atoms with Crippen LogP contribution < -0.4 is 0 Å². The summed E-state index contributed by atoms with van der Waals surface area (Å²) in [6.07, 6.45) is 7.22. The minimum atomic E-state index is 0.129. The largest absolute Gasteiger partial charge is 0.294 e. The highest BCUT2D eigenvalue weighted by atomic mass is 16.1. The fourth-order valence-corrected chi connectivity index (χ4v) is 1.90. The van der Waals surface area contributed by atoms with Gasteiger partial charge in [-0.2, -0.15) is 0 Å². The second-order valence-electron chi connectivity index (χ2n) is 4.75. The molecule has 0 unspecified atom stereocenters. The number of hydrogen-bond donors (Lipinski definition) is 0. The van der Waals surface area contributed by atoms with E-state index in [0.29, 0.717) is 0 Å². The van der Waals surface area contributed by atoms with Gasteiger partial charge >= 0.3 is 0 Å². The Morgan fingerprint density at radius 2 is 1.53 bits per heavy atom. The predicted octanol–water partition coefficient (Wildman–Crippen LogP) is 5.90. The van der Waals surface area contributed by atoms with Crippen LogP contribution in [0.1, 0.15) is 76.2 Å². The molecule has 1 aromatic rings. The Kier molecular flexibility index (Phi) is 9.78. The number of carbonyl (C=O) groups excluding carboxylic acids is 1. The summed E-state index contributed by atoms with van der Waals surface area (Å²) in [6.45, 7) is 10.2. The molecular weight excluding hydrogens is 232 g/mol. The van der Waals surface area contributed by atoms with Gasteiger partial charge in [0.2, 0.25) is 0 Å². The van der Waals surface area contributed by atoms with E-state index < -0.39 is 0 Å². The lowest BCUT2D eigenvalue weighted by molar-refractivity contribution is 0.101. The molecule has 0 bridgehead atoms. The number of carbonyl (C=O) groups is 1. The third-order valence-electron chi connectivity index (χ3n) is 2.95. The summed E-state index contributed by atoms with van der Waals surface area (Å²) in [5.41, 5.74) is 3.05. The number of allylic oxidation sites excluding steroid dienone is 2. The lowest BCUT2D eigenvalue weighted by Gasteiger charge is -2.06. The Balaban J connectivity index is 0.000000555. The van der Waals surface area contributed by atoms with E-state index >= 15 is 0 Å². The van der Waals surface area contributed by atoms with E-state index in [2.05, 4.69) is 26.8 Å². The summed E-state index contributed by atoms with van der Waals surface area (Å²) in [5.74, 6) is 0.129. The van der Waals surface area contributed by atoms with Gasteiger partial charge in [0.1, 0.15) is 0 Å². The number of rotatable bonds is 5. The Morgan fingerprint density at radius 3 is 1.89 bits per heavy atom. The molecule has 106 valence electrons. The normalized spacial score (nSPS) is 10.7. The Morgan fingerprint density at radius 1 is 1.00 bits per heavy atom. The van der Waals surface area contributed by atoms with Crippen LogP contribution in [0.15, 0.2) is 30.3 Å². The molecule has 1 heteroatoms. The fourth-order valence-electron chi connectivity index (χ4n) is 1.90. The first kappa shape index (κ1) is 17.6. The Labute approximate surface area is 118 Å². The summed E-state index contributed by atoms with van der Waals surface area (Å²) in [6, 6.07) is 7.75. The molecule has 0 N–H and O–H groups in total. The first-order chi connectivity index (χ1) is 9.08. The van der Waals surface area contributed by atoms with Crippen molar-refractivity contribution in [3.05, 3.63) is 41.5 Å². The maximum atomic E-state index is 11.3. The zero-order valence-electron chi connectivity index (χ0n) is 13.1. The molecule has 1 aromatic carbocycles. The van der Waals surface area contributed by atoms with E-state index in [-0.39, 0.29) is 5.78 Å². The van der Waals surface area contributed by atoms with Gasteiger partial charge in [0.15, 0.2) is 5.78 Å². The molecule has 0 heterocycles. The first-order valence-electron chi connectivity index (χ1n) is 7.35. The molecule has 0 aliphatic heterocycles. The van der Waals surface area contributed by atoms with Gasteiger partial charge < -0.3 is 0 Å². The van der Waals surface area contributed by atoms with Crippen LogP contribution in [0.2, 0.25) is 0 Å². The maximum absolute atomic E-state index is 11.3. The zero-order chi connectivity index (χ0) is 14.7. The van der Waals surface area contributed by atoms with Gasteiger partial charge in [0.05, 0.1) is 0 Å². The van der Waals surface area contributed by atoms with Crippen LogP contribution in [-0.4, -0.2) is 5.78 Å². The number of Topliss-reactive ketones (excluding diaryl/α,β-unsaturated/α-hetero) is 1. The van der Waals surface area contributed by atoms with E-state index in [1.807, 2.05) is 31.2 Å². The Hall–Kier alpha value is -1.37. The van der Waals surface area contributed by atoms with Gasteiger partial charge in [-0.15, -0.1) is 0 Å². The van der Waals surface area contributed by atoms with Gasteiger partial charge in [0, 0.05) is 5.56 Å². The van der Waals surface area contributed by atoms with Crippen molar-refractivity contribution < 1.29 is 4.79 Å². The summed E-state index contributed by atoms with van der Waals surface area (Å²) in [7, 11) is 0. The highest BCUT2D eigenvalue weighted by molar-refractivity contribution is 5.98. The molecule has 0 aromatic heterocycles. The quantitative estimate of drug-likeness (QED) is 0.602. The van der Waals surface area contributed by atoms with E-state index in [1.54, 1.807) is 6.92 Å². The van der Waals surface area contributed by atoms with Gasteiger partial charge in [-0.3, -0.25) is 4.79 Å². The number of unbranched alkanes of at least 4 members (excludes halogenated alkanes) is 2. The monoisotopic (exact) mass is 260 g/mol. The number of ketones is 1. The molecule has 0 fully saturated rings. The minimum Gasteiger partial charge on any atom is -0.294 e. The van der Waals surface area contributed by atoms with Gasteiger partial charge in [-0.05, 0) is 31.4 Å². The molecule has 0 saturated heterocycles. The molecule has 19 heavy (non-hydrogen) atoms. The first-order valence-corrected chi connectivity index (χ1v) is 7.35. The standard InChI is InChI=1S/C13H16O.C5H12/c1-4-7-10(2)12-8-5-6-9-13(12)11(3)14;1-3-5-4-2/h5-9H,4H2,1-3H3;3-5H2,1-2H3/b10-7+;. The molecule has 0 aliphatic carbocycles. The third kappa shape index (κ3) is 6.95. The van der Waals surface area contributed by atoms with Crippen molar-refractivity contribution in [2.45, 2.75) is 60.3 Å². The molecule has 0 aliphatic rings. The van der Waals surface area contributed by atoms with E-state index in [4.69, 9.17) is 0 Å². The van der Waals surface area contributed by atoms with Crippen molar-refractivity contribution in [1.82, 2.24) is 0 Å². The summed E-state index contributed by atoms with van der Waals surface area (Å²) in [5, 5.41) is 0. The van der Waals surface area contributed by atoms with E-state index in [9.17, 15) is 4.79 Å². The summed E-state index contributed by atoms with van der Waals surface area (Å²) < 4.78 is 0. The van der Waals surface area contributed by atoms with E-state index in [0.717, 1.165) is 17.5 Å². The SMILES string of the molecule is CC/C=C(\C)c1ccccc1C(C)=O.CCCCC. The van der Waals surface area contributed by atoms with Crippen LogP contribution in [-0.2, 0) is 0 Å².